The minimum atomic E-state index is -0.916. The number of aliphatic hydroxyl groups excluding tert-OH is 1. The molecule has 0 saturated carbocycles. The molecule has 1 aliphatic heterocycles. The molecule has 32 heavy (non-hydrogen) atoms. The molecule has 1 aromatic carbocycles. The van der Waals surface area contributed by atoms with Crippen LogP contribution < -0.4 is 5.32 Å². The van der Waals surface area contributed by atoms with Gasteiger partial charge in [-0.1, -0.05) is 68.9 Å². The summed E-state index contributed by atoms with van der Waals surface area (Å²) in [6.07, 6.45) is 12.5. The van der Waals surface area contributed by atoms with Crippen LogP contribution in [0, 0.1) is 35.0 Å². The number of aromatic hydroxyl groups is 1. The highest BCUT2D eigenvalue weighted by Crippen LogP contribution is 2.56. The lowest BCUT2D eigenvalue weighted by atomic mass is 9.54. The van der Waals surface area contributed by atoms with Crippen LogP contribution in [0.25, 0.3) is 0 Å². The Labute approximate surface area is 192 Å². The fraction of sp³-hybridized carbons (Fsp3) is 0.536. The first kappa shape index (κ1) is 22.8. The summed E-state index contributed by atoms with van der Waals surface area (Å²) in [5.74, 6) is 1.10. The molecule has 1 fully saturated rings. The third-order valence-corrected chi connectivity index (χ3v) is 8.11. The summed E-state index contributed by atoms with van der Waals surface area (Å²) >= 11 is 0. The van der Waals surface area contributed by atoms with Crippen molar-refractivity contribution in [2.45, 2.75) is 59.1 Å². The van der Waals surface area contributed by atoms with Crippen LogP contribution in [0.3, 0.4) is 0 Å². The number of benzene rings is 1. The zero-order valence-electron chi connectivity index (χ0n) is 19.7. The lowest BCUT2D eigenvalue weighted by molar-refractivity contribution is -0.138. The Morgan fingerprint density at radius 3 is 2.53 bits per heavy atom. The van der Waals surface area contributed by atoms with Crippen molar-refractivity contribution < 1.29 is 15.0 Å². The molecule has 4 heteroatoms. The highest BCUT2D eigenvalue weighted by atomic mass is 16.3. The average molecular weight is 436 g/mol. The van der Waals surface area contributed by atoms with Gasteiger partial charge in [-0.3, -0.25) is 4.79 Å². The molecule has 4 rings (SSSR count). The molecule has 0 aromatic heterocycles. The molecular weight excluding hydrogens is 398 g/mol. The largest absolute Gasteiger partial charge is 0.508 e. The highest BCUT2D eigenvalue weighted by Gasteiger charge is 2.64. The average Bonchev–Trinajstić information content (AvgIpc) is 3.03. The number of carbonyl (C=O) groups is 1. The second-order valence-electron chi connectivity index (χ2n) is 10.4. The maximum absolute atomic E-state index is 13.8. The number of amides is 1. The molecule has 0 unspecified atom stereocenters. The smallest absolute Gasteiger partial charge is 0.230 e. The zero-order chi connectivity index (χ0) is 23.0. The van der Waals surface area contributed by atoms with Gasteiger partial charge in [0.25, 0.3) is 0 Å². The van der Waals surface area contributed by atoms with Crippen LogP contribution in [-0.2, 0) is 11.2 Å². The van der Waals surface area contributed by atoms with Gasteiger partial charge in [0, 0.05) is 17.9 Å². The molecule has 1 heterocycles. The quantitative estimate of drug-likeness (QED) is 0.585. The minimum Gasteiger partial charge on any atom is -0.508 e. The number of carbonyl (C=O) groups excluding carboxylic acids is 1. The molecule has 3 aliphatic rings. The van der Waals surface area contributed by atoms with Gasteiger partial charge in [-0.25, -0.2) is 0 Å². The van der Waals surface area contributed by atoms with E-state index in [4.69, 9.17) is 0 Å². The van der Waals surface area contributed by atoms with E-state index in [2.05, 4.69) is 57.3 Å². The summed E-state index contributed by atoms with van der Waals surface area (Å²) in [6, 6.07) is 7.13. The summed E-state index contributed by atoms with van der Waals surface area (Å²) in [6.45, 7) is 8.79. The van der Waals surface area contributed by atoms with Gasteiger partial charge in [0.2, 0.25) is 5.91 Å². The normalized spacial score (nSPS) is 39.5. The van der Waals surface area contributed by atoms with Gasteiger partial charge in [0.15, 0.2) is 0 Å². The summed E-state index contributed by atoms with van der Waals surface area (Å²) in [7, 11) is 0. The standard InChI is InChI=1S/C28H37NO3/c1-17-6-5-7-22-15-19(3)20(4)26-24(16-21-9-11-23(30)12-10-21)29-27(32)28(22,26)25(31)13-8-18(2)14-17/h5,7-13,15,17-18,20,22,24-26,30-31H,6,14,16H2,1-4H3,(H,29,32)/t17-,18+,20+,22-,24-,25+,26-,28+/m1/s1. The number of phenolic OH excluding ortho intramolecular Hbond substituents is 1. The lowest BCUT2D eigenvalue weighted by Crippen LogP contribution is -2.53. The summed E-state index contributed by atoms with van der Waals surface area (Å²) in [4.78, 5) is 13.8. The molecule has 1 saturated heterocycles. The van der Waals surface area contributed by atoms with Crippen LogP contribution in [0.2, 0.25) is 0 Å². The summed E-state index contributed by atoms with van der Waals surface area (Å²) in [5, 5.41) is 24.6. The Morgan fingerprint density at radius 2 is 1.81 bits per heavy atom. The number of hydrogen-bond donors (Lipinski definition) is 3. The Kier molecular flexibility index (Phi) is 6.35. The van der Waals surface area contributed by atoms with Crippen LogP contribution in [0.1, 0.15) is 46.1 Å². The predicted octanol–water partition coefficient (Wildman–Crippen LogP) is 4.79. The zero-order valence-corrected chi connectivity index (χ0v) is 19.7. The van der Waals surface area contributed by atoms with Crippen molar-refractivity contribution in [3.63, 3.8) is 0 Å². The monoisotopic (exact) mass is 435 g/mol. The minimum absolute atomic E-state index is 0.0309. The van der Waals surface area contributed by atoms with E-state index in [9.17, 15) is 15.0 Å². The van der Waals surface area contributed by atoms with E-state index < -0.39 is 11.5 Å². The second kappa shape index (κ2) is 8.90. The first-order chi connectivity index (χ1) is 15.2. The summed E-state index contributed by atoms with van der Waals surface area (Å²) in [5.41, 5.74) is 1.43. The van der Waals surface area contributed by atoms with Gasteiger partial charge in [-0.15, -0.1) is 0 Å². The van der Waals surface area contributed by atoms with Gasteiger partial charge < -0.3 is 15.5 Å². The molecule has 4 nitrogen and oxygen atoms in total. The van der Waals surface area contributed by atoms with Crippen LogP contribution in [0.15, 0.2) is 60.2 Å². The predicted molar refractivity (Wildman–Crippen MR) is 128 cm³/mol. The van der Waals surface area contributed by atoms with Crippen molar-refractivity contribution in [1.29, 1.82) is 0 Å². The van der Waals surface area contributed by atoms with E-state index in [-0.39, 0.29) is 35.5 Å². The van der Waals surface area contributed by atoms with Gasteiger partial charge in [-0.2, -0.15) is 0 Å². The second-order valence-corrected chi connectivity index (χ2v) is 10.4. The maximum atomic E-state index is 13.8. The third-order valence-electron chi connectivity index (χ3n) is 8.11. The molecule has 8 atom stereocenters. The van der Waals surface area contributed by atoms with Crippen molar-refractivity contribution in [3.05, 3.63) is 65.8 Å². The van der Waals surface area contributed by atoms with E-state index in [1.165, 1.54) is 5.57 Å². The SMILES string of the molecule is CC1=C[C@H]2C=CC[C@@H](C)C[C@@H](C)C=C[C@H](O)[C@@]23C(=O)N[C@H](Cc2ccc(O)cc2)[C@H]3[C@H]1C. The number of phenols is 1. The van der Waals surface area contributed by atoms with Crippen LogP contribution in [0.4, 0.5) is 0 Å². The maximum Gasteiger partial charge on any atom is 0.230 e. The molecule has 172 valence electrons. The molecule has 2 aliphatic carbocycles. The van der Waals surface area contributed by atoms with Crippen LogP contribution in [0.5, 0.6) is 5.75 Å². The number of hydrogen-bond acceptors (Lipinski definition) is 3. The molecule has 1 aromatic rings. The lowest BCUT2D eigenvalue weighted by Gasteiger charge is -2.47. The number of nitrogens with one attached hydrogen (secondary N) is 1. The first-order valence-electron chi connectivity index (χ1n) is 12.0. The molecule has 1 spiro atoms. The van der Waals surface area contributed by atoms with Crippen LogP contribution >= 0.6 is 0 Å². The van der Waals surface area contributed by atoms with Gasteiger partial charge in [-0.05, 0) is 61.6 Å². The highest BCUT2D eigenvalue weighted by molar-refractivity contribution is 5.88. The Hall–Kier alpha value is -2.33. The number of rotatable bonds is 2. The Balaban J connectivity index is 1.79. The van der Waals surface area contributed by atoms with Crippen molar-refractivity contribution in [1.82, 2.24) is 5.32 Å². The van der Waals surface area contributed by atoms with E-state index >= 15 is 0 Å². The molecule has 0 bridgehead atoms. The topological polar surface area (TPSA) is 69.6 Å². The Bertz CT molecular complexity index is 931. The Morgan fingerprint density at radius 1 is 1.09 bits per heavy atom. The van der Waals surface area contributed by atoms with Crippen LogP contribution in [-0.4, -0.2) is 28.3 Å². The van der Waals surface area contributed by atoms with Crippen molar-refractivity contribution in [3.8, 4) is 5.75 Å². The first-order valence-corrected chi connectivity index (χ1v) is 12.0. The van der Waals surface area contributed by atoms with Gasteiger partial charge in [0.05, 0.1) is 11.5 Å². The fourth-order valence-corrected chi connectivity index (χ4v) is 6.39. The molecular formula is C28H37NO3. The molecule has 1 amide bonds. The number of allylic oxidation sites excluding steroid dienone is 5. The van der Waals surface area contributed by atoms with Crippen molar-refractivity contribution >= 4 is 5.91 Å². The van der Waals surface area contributed by atoms with E-state index in [1.54, 1.807) is 12.1 Å². The van der Waals surface area contributed by atoms with Gasteiger partial charge >= 0.3 is 0 Å². The van der Waals surface area contributed by atoms with E-state index in [1.807, 2.05) is 18.2 Å². The van der Waals surface area contributed by atoms with Crippen molar-refractivity contribution in [2.24, 2.45) is 35.0 Å². The number of aliphatic hydroxyl groups is 1. The van der Waals surface area contributed by atoms with E-state index in [0.29, 0.717) is 18.3 Å². The van der Waals surface area contributed by atoms with E-state index in [0.717, 1.165) is 18.4 Å². The summed E-state index contributed by atoms with van der Waals surface area (Å²) < 4.78 is 0. The molecule has 0 radical (unpaired) electrons. The van der Waals surface area contributed by atoms with Gasteiger partial charge in [0.1, 0.15) is 5.75 Å². The van der Waals surface area contributed by atoms with Crippen molar-refractivity contribution in [2.75, 3.05) is 0 Å². The third kappa shape index (κ3) is 3.94. The molecule has 3 N–H and O–H groups in total. The fourth-order valence-electron chi connectivity index (χ4n) is 6.39.